The Labute approximate surface area is 129 Å². The number of halogens is 5. The topological polar surface area (TPSA) is 36.4 Å². The quantitative estimate of drug-likeness (QED) is 0.821. The lowest BCUT2D eigenvalue weighted by molar-refractivity contribution is -0.0968. The highest BCUT2D eigenvalue weighted by Crippen LogP contribution is 2.28. The zero-order chi connectivity index (χ0) is 15.6. The van der Waals surface area contributed by atoms with Crippen LogP contribution in [0.15, 0.2) is 34.5 Å². The summed E-state index contributed by atoms with van der Waals surface area (Å²) in [5.74, 6) is 0. The van der Waals surface area contributed by atoms with Crippen LogP contribution in [0.25, 0.3) is 0 Å². The van der Waals surface area contributed by atoms with Gasteiger partial charge in [-0.2, -0.15) is 13.2 Å². The van der Waals surface area contributed by atoms with Crippen LogP contribution in [0.2, 0.25) is 10.0 Å². The van der Waals surface area contributed by atoms with E-state index in [0.717, 1.165) is 5.56 Å². The number of allylic oxidation sites excluding steroid dienone is 1. The Bertz CT molecular complexity index is 609. The number of nitrogens with zero attached hydrogens (tertiary/aromatic N) is 1. The third kappa shape index (κ3) is 3.90. The Balaban J connectivity index is 2.19. The van der Waals surface area contributed by atoms with Crippen molar-refractivity contribution in [3.05, 3.63) is 45.1 Å². The molecule has 1 aliphatic heterocycles. The van der Waals surface area contributed by atoms with E-state index in [9.17, 15) is 13.2 Å². The molecule has 1 heterocycles. The van der Waals surface area contributed by atoms with Crippen LogP contribution in [0.5, 0.6) is 0 Å². The fraction of sp³-hybridized carbons (Fsp3) is 0.308. The zero-order valence-corrected chi connectivity index (χ0v) is 12.5. The highest BCUT2D eigenvalue weighted by Gasteiger charge is 2.39. The Morgan fingerprint density at radius 1 is 1.29 bits per heavy atom. The van der Waals surface area contributed by atoms with Crippen molar-refractivity contribution < 1.29 is 13.2 Å². The minimum absolute atomic E-state index is 0.0750. The molecule has 0 amide bonds. The minimum Gasteiger partial charge on any atom is -0.317 e. The molecule has 21 heavy (non-hydrogen) atoms. The molecule has 0 aromatic heterocycles. The van der Waals surface area contributed by atoms with Gasteiger partial charge in [0.1, 0.15) is 5.70 Å². The summed E-state index contributed by atoms with van der Waals surface area (Å²) < 4.78 is 38.4. The summed E-state index contributed by atoms with van der Waals surface area (Å²) in [7, 11) is 0. The van der Waals surface area contributed by atoms with E-state index < -0.39 is 11.9 Å². The highest BCUT2D eigenvalue weighted by molar-refractivity contribution is 6.42. The van der Waals surface area contributed by atoms with Gasteiger partial charge in [-0.3, -0.25) is 4.99 Å². The van der Waals surface area contributed by atoms with Gasteiger partial charge in [0.2, 0.25) is 0 Å². The Morgan fingerprint density at radius 3 is 2.62 bits per heavy atom. The van der Waals surface area contributed by atoms with E-state index in [1.165, 1.54) is 0 Å². The van der Waals surface area contributed by atoms with Crippen molar-refractivity contribution in [1.29, 1.82) is 0 Å². The second kappa shape index (κ2) is 6.25. The second-order valence-corrected chi connectivity index (χ2v) is 5.29. The molecule has 1 aromatic carbocycles. The molecule has 0 saturated heterocycles. The van der Waals surface area contributed by atoms with E-state index in [0.29, 0.717) is 15.8 Å². The van der Waals surface area contributed by atoms with Gasteiger partial charge < -0.3 is 5.43 Å². The molecule has 114 valence electrons. The largest absolute Gasteiger partial charge is 0.432 e. The van der Waals surface area contributed by atoms with Crippen LogP contribution in [0.3, 0.4) is 0 Å². The fourth-order valence-corrected chi connectivity index (χ4v) is 2.20. The summed E-state index contributed by atoms with van der Waals surface area (Å²) in [6, 6.07) is 5.00. The molecule has 2 N–H and O–H groups in total. The Kier molecular flexibility index (Phi) is 4.81. The molecule has 0 atom stereocenters. The molecule has 0 spiro atoms. The number of hydrogen-bond acceptors (Lipinski definition) is 3. The maximum Gasteiger partial charge on any atom is 0.432 e. The number of alkyl halides is 3. The second-order valence-electron chi connectivity index (χ2n) is 4.48. The third-order valence-corrected chi connectivity index (χ3v) is 3.72. The molecule has 2 rings (SSSR count). The van der Waals surface area contributed by atoms with E-state index in [-0.39, 0.29) is 18.7 Å². The smallest absolute Gasteiger partial charge is 0.317 e. The van der Waals surface area contributed by atoms with Crippen LogP contribution in [0.1, 0.15) is 12.5 Å². The van der Waals surface area contributed by atoms with Crippen LogP contribution >= 0.6 is 23.2 Å². The molecule has 0 aliphatic carbocycles. The summed E-state index contributed by atoms with van der Waals surface area (Å²) in [4.78, 5) is 4.19. The first-order valence-electron chi connectivity index (χ1n) is 6.03. The van der Waals surface area contributed by atoms with Crippen LogP contribution in [-0.2, 0) is 6.54 Å². The van der Waals surface area contributed by atoms with Crippen molar-refractivity contribution in [2.45, 2.75) is 19.6 Å². The average molecular weight is 338 g/mol. The van der Waals surface area contributed by atoms with Crippen molar-refractivity contribution in [1.82, 2.24) is 10.9 Å². The summed E-state index contributed by atoms with van der Waals surface area (Å²) in [5.41, 5.74) is 5.01. The number of hydrazine groups is 1. The summed E-state index contributed by atoms with van der Waals surface area (Å²) in [5, 5.41) is 0.814. The van der Waals surface area contributed by atoms with Crippen molar-refractivity contribution in [3.8, 4) is 0 Å². The first kappa shape index (κ1) is 16.1. The molecule has 1 aromatic rings. The molecule has 0 radical (unpaired) electrons. The highest BCUT2D eigenvalue weighted by atomic mass is 35.5. The maximum atomic E-state index is 12.8. The maximum absolute atomic E-state index is 12.8. The monoisotopic (exact) mass is 337 g/mol. The van der Waals surface area contributed by atoms with Crippen molar-refractivity contribution in [2.24, 2.45) is 4.99 Å². The van der Waals surface area contributed by atoms with Gasteiger partial charge in [0.05, 0.1) is 16.6 Å². The standard InChI is InChI=1S/C13H12Cl2F3N3/c1-7(9-6-20-21-12(9)13(16,17)18)19-5-8-2-3-10(14)11(15)4-8/h2-4,20-21H,5-6H2,1H3. The van der Waals surface area contributed by atoms with E-state index in [4.69, 9.17) is 23.2 Å². The van der Waals surface area contributed by atoms with Crippen molar-refractivity contribution >= 4 is 28.9 Å². The molecule has 0 fully saturated rings. The number of hydrogen-bond donors (Lipinski definition) is 2. The molecular formula is C13H12Cl2F3N3. The van der Waals surface area contributed by atoms with Crippen LogP contribution in [0, 0.1) is 0 Å². The lowest BCUT2D eigenvalue weighted by Crippen LogP contribution is -2.30. The van der Waals surface area contributed by atoms with Crippen molar-refractivity contribution in [2.75, 3.05) is 6.54 Å². The average Bonchev–Trinajstić information content (AvgIpc) is 2.89. The predicted molar refractivity (Wildman–Crippen MR) is 77.5 cm³/mol. The molecule has 3 nitrogen and oxygen atoms in total. The van der Waals surface area contributed by atoms with Gasteiger partial charge in [-0.1, -0.05) is 29.3 Å². The van der Waals surface area contributed by atoms with Gasteiger partial charge >= 0.3 is 6.18 Å². The zero-order valence-electron chi connectivity index (χ0n) is 11.0. The van der Waals surface area contributed by atoms with E-state index in [1.54, 1.807) is 25.1 Å². The summed E-state index contributed by atoms with van der Waals surface area (Å²) in [6.45, 7) is 1.86. The number of rotatable bonds is 3. The first-order valence-corrected chi connectivity index (χ1v) is 6.79. The predicted octanol–water partition coefficient (Wildman–Crippen LogP) is 3.88. The molecule has 0 saturated carbocycles. The van der Waals surface area contributed by atoms with Gasteiger partial charge in [0, 0.05) is 17.8 Å². The van der Waals surface area contributed by atoms with Gasteiger partial charge in [0.25, 0.3) is 0 Å². The molecule has 0 unspecified atom stereocenters. The SMILES string of the molecule is CC(=NCc1ccc(Cl)c(Cl)c1)C1=C(C(F)(F)F)NNC1. The summed E-state index contributed by atoms with van der Waals surface area (Å²) >= 11 is 11.7. The van der Waals surface area contributed by atoms with Gasteiger partial charge in [-0.15, -0.1) is 0 Å². The normalized spacial score (nSPS) is 16.4. The lowest BCUT2D eigenvalue weighted by Gasteiger charge is -2.10. The van der Waals surface area contributed by atoms with E-state index in [2.05, 4.69) is 15.8 Å². The third-order valence-electron chi connectivity index (χ3n) is 2.98. The molecule has 1 aliphatic rings. The minimum atomic E-state index is -4.43. The Hall–Kier alpha value is -1.24. The molecular weight excluding hydrogens is 326 g/mol. The van der Waals surface area contributed by atoms with E-state index >= 15 is 0 Å². The van der Waals surface area contributed by atoms with Crippen LogP contribution in [-0.4, -0.2) is 18.4 Å². The number of nitrogens with one attached hydrogen (secondary N) is 2. The fourth-order valence-electron chi connectivity index (χ4n) is 1.88. The van der Waals surface area contributed by atoms with Crippen molar-refractivity contribution in [3.63, 3.8) is 0 Å². The molecule has 8 heteroatoms. The number of benzene rings is 1. The summed E-state index contributed by atoms with van der Waals surface area (Å²) in [6.07, 6.45) is -4.43. The first-order chi connectivity index (χ1) is 9.79. The number of aliphatic imine (C=N–C) groups is 1. The van der Waals surface area contributed by atoms with E-state index in [1.807, 2.05) is 0 Å². The van der Waals surface area contributed by atoms with Gasteiger partial charge in [-0.25, -0.2) is 5.43 Å². The van der Waals surface area contributed by atoms with Crippen LogP contribution in [0.4, 0.5) is 13.2 Å². The Morgan fingerprint density at radius 2 is 2.00 bits per heavy atom. The lowest BCUT2D eigenvalue weighted by atomic mass is 10.1. The molecule has 0 bridgehead atoms. The van der Waals surface area contributed by atoms with Gasteiger partial charge in [-0.05, 0) is 24.6 Å². The van der Waals surface area contributed by atoms with Gasteiger partial charge in [0.15, 0.2) is 0 Å². The van der Waals surface area contributed by atoms with Crippen LogP contribution < -0.4 is 10.9 Å².